The fourth-order valence-electron chi connectivity index (χ4n) is 3.23. The standard InChI is InChI=1S/C20H21ClN2O3/c21-16-3-1-2-14(12-16)6-9-22-19(24)23-20(7-8-20)15-4-5-17-18(13-15)26-11-10-25-17/h1-5,12-13H,6-11H2,(H2,22,23,24). The van der Waals surface area contributed by atoms with Gasteiger partial charge in [-0.3, -0.25) is 0 Å². The summed E-state index contributed by atoms with van der Waals surface area (Å²) in [6.45, 7) is 1.69. The van der Waals surface area contributed by atoms with Gasteiger partial charge in [-0.25, -0.2) is 4.79 Å². The third-order valence-electron chi connectivity index (χ3n) is 4.79. The number of amides is 2. The number of rotatable bonds is 5. The van der Waals surface area contributed by atoms with E-state index in [0.717, 1.165) is 41.9 Å². The molecule has 2 N–H and O–H groups in total. The number of hydrogen-bond donors (Lipinski definition) is 2. The first-order valence-electron chi connectivity index (χ1n) is 8.85. The van der Waals surface area contributed by atoms with Gasteiger partial charge in [-0.1, -0.05) is 29.8 Å². The third-order valence-corrected chi connectivity index (χ3v) is 5.02. The van der Waals surface area contributed by atoms with Crippen LogP contribution in [0.2, 0.25) is 5.02 Å². The van der Waals surface area contributed by atoms with Crippen LogP contribution in [-0.2, 0) is 12.0 Å². The van der Waals surface area contributed by atoms with Crippen molar-refractivity contribution in [2.45, 2.75) is 24.8 Å². The van der Waals surface area contributed by atoms with E-state index in [1.54, 1.807) is 0 Å². The number of urea groups is 1. The Labute approximate surface area is 157 Å². The topological polar surface area (TPSA) is 59.6 Å². The molecule has 2 aromatic carbocycles. The van der Waals surface area contributed by atoms with Gasteiger partial charge in [0.1, 0.15) is 13.2 Å². The summed E-state index contributed by atoms with van der Waals surface area (Å²) in [6.07, 6.45) is 2.59. The minimum atomic E-state index is -0.296. The summed E-state index contributed by atoms with van der Waals surface area (Å²) < 4.78 is 11.2. The van der Waals surface area contributed by atoms with Crippen LogP contribution in [0.5, 0.6) is 11.5 Å². The molecular weight excluding hydrogens is 352 g/mol. The number of nitrogens with one attached hydrogen (secondary N) is 2. The fourth-order valence-corrected chi connectivity index (χ4v) is 3.44. The summed E-state index contributed by atoms with van der Waals surface area (Å²) in [4.78, 5) is 12.3. The molecule has 0 radical (unpaired) electrons. The van der Waals surface area contributed by atoms with Crippen LogP contribution >= 0.6 is 11.6 Å². The lowest BCUT2D eigenvalue weighted by molar-refractivity contribution is 0.171. The van der Waals surface area contributed by atoms with Crippen molar-refractivity contribution in [3.05, 3.63) is 58.6 Å². The highest BCUT2D eigenvalue weighted by Crippen LogP contribution is 2.47. The first-order chi connectivity index (χ1) is 12.6. The molecule has 5 nitrogen and oxygen atoms in total. The molecule has 6 heteroatoms. The van der Waals surface area contributed by atoms with E-state index in [1.165, 1.54) is 0 Å². The maximum absolute atomic E-state index is 12.3. The van der Waals surface area contributed by atoms with Gasteiger partial charge in [0.15, 0.2) is 11.5 Å². The van der Waals surface area contributed by atoms with Crippen LogP contribution in [-0.4, -0.2) is 25.8 Å². The van der Waals surface area contributed by atoms with Crippen LogP contribution < -0.4 is 20.1 Å². The average Bonchev–Trinajstić information content (AvgIpc) is 3.42. The minimum Gasteiger partial charge on any atom is -0.486 e. The SMILES string of the molecule is O=C(NCCc1cccc(Cl)c1)NC1(c2ccc3c(c2)OCCO3)CC1. The van der Waals surface area contributed by atoms with Crippen LogP contribution in [0, 0.1) is 0 Å². The monoisotopic (exact) mass is 372 g/mol. The number of benzene rings is 2. The predicted molar refractivity (Wildman–Crippen MR) is 100 cm³/mol. The fraction of sp³-hybridized carbons (Fsp3) is 0.350. The summed E-state index contributed by atoms with van der Waals surface area (Å²) in [6, 6.07) is 13.4. The Hall–Kier alpha value is -2.40. The molecule has 0 unspecified atom stereocenters. The van der Waals surface area contributed by atoms with Crippen LogP contribution in [0.1, 0.15) is 24.0 Å². The van der Waals surface area contributed by atoms with Crippen molar-refractivity contribution in [1.29, 1.82) is 0 Å². The number of halogens is 1. The highest BCUT2D eigenvalue weighted by atomic mass is 35.5. The van der Waals surface area contributed by atoms with Crippen molar-refractivity contribution >= 4 is 17.6 Å². The highest BCUT2D eigenvalue weighted by Gasteiger charge is 2.46. The third kappa shape index (κ3) is 3.73. The molecule has 2 aliphatic rings. The molecule has 1 fully saturated rings. The van der Waals surface area contributed by atoms with E-state index < -0.39 is 0 Å². The van der Waals surface area contributed by atoms with Crippen molar-refractivity contribution < 1.29 is 14.3 Å². The van der Waals surface area contributed by atoms with Crippen molar-refractivity contribution in [2.75, 3.05) is 19.8 Å². The second kappa shape index (κ2) is 7.08. The van der Waals surface area contributed by atoms with Gasteiger partial charge < -0.3 is 20.1 Å². The first kappa shape index (κ1) is 17.0. The molecule has 4 rings (SSSR count). The summed E-state index contributed by atoms with van der Waals surface area (Å²) in [5.41, 5.74) is 1.87. The summed E-state index contributed by atoms with van der Waals surface area (Å²) in [5, 5.41) is 6.76. The molecule has 136 valence electrons. The zero-order valence-corrected chi connectivity index (χ0v) is 15.1. The maximum Gasteiger partial charge on any atom is 0.315 e. The van der Waals surface area contributed by atoms with E-state index in [9.17, 15) is 4.79 Å². The zero-order valence-electron chi connectivity index (χ0n) is 14.4. The average molecular weight is 373 g/mol. The Morgan fingerprint density at radius 2 is 1.88 bits per heavy atom. The Morgan fingerprint density at radius 3 is 2.65 bits per heavy atom. The van der Waals surface area contributed by atoms with Gasteiger partial charge in [0, 0.05) is 11.6 Å². The molecule has 1 aliphatic carbocycles. The number of fused-ring (bicyclic) bond motifs is 1. The van der Waals surface area contributed by atoms with Gasteiger partial charge in [-0.2, -0.15) is 0 Å². The minimum absolute atomic E-state index is 0.153. The molecule has 0 saturated heterocycles. The number of ether oxygens (including phenoxy) is 2. The van der Waals surface area contributed by atoms with Gasteiger partial charge >= 0.3 is 6.03 Å². The Bertz CT molecular complexity index is 820. The van der Waals surface area contributed by atoms with Gasteiger partial charge in [0.05, 0.1) is 5.54 Å². The molecule has 0 atom stereocenters. The molecule has 1 aliphatic heterocycles. The van der Waals surface area contributed by atoms with E-state index in [2.05, 4.69) is 10.6 Å². The Kier molecular flexibility index (Phi) is 4.64. The van der Waals surface area contributed by atoms with Crippen molar-refractivity contribution in [1.82, 2.24) is 10.6 Å². The smallest absolute Gasteiger partial charge is 0.315 e. The molecule has 2 amide bonds. The van der Waals surface area contributed by atoms with E-state index in [-0.39, 0.29) is 11.6 Å². The Balaban J connectivity index is 1.34. The molecule has 26 heavy (non-hydrogen) atoms. The lowest BCUT2D eigenvalue weighted by atomic mass is 10.0. The van der Waals surface area contributed by atoms with Crippen molar-refractivity contribution in [2.24, 2.45) is 0 Å². The second-order valence-corrected chi connectivity index (χ2v) is 7.14. The van der Waals surface area contributed by atoms with Gasteiger partial charge in [-0.15, -0.1) is 0 Å². The van der Waals surface area contributed by atoms with E-state index in [0.29, 0.717) is 24.8 Å². The summed E-state index contributed by atoms with van der Waals surface area (Å²) >= 11 is 5.98. The van der Waals surface area contributed by atoms with Crippen LogP contribution in [0.15, 0.2) is 42.5 Å². The van der Waals surface area contributed by atoms with E-state index >= 15 is 0 Å². The van der Waals surface area contributed by atoms with Gasteiger partial charge in [0.25, 0.3) is 0 Å². The second-order valence-electron chi connectivity index (χ2n) is 6.70. The first-order valence-corrected chi connectivity index (χ1v) is 9.23. The highest BCUT2D eigenvalue weighted by molar-refractivity contribution is 6.30. The molecular formula is C20H21ClN2O3. The van der Waals surface area contributed by atoms with Gasteiger partial charge in [0.2, 0.25) is 0 Å². The molecule has 1 saturated carbocycles. The molecule has 0 spiro atoms. The largest absolute Gasteiger partial charge is 0.486 e. The van der Waals surface area contributed by atoms with Crippen LogP contribution in [0.25, 0.3) is 0 Å². The maximum atomic E-state index is 12.3. The number of hydrogen-bond acceptors (Lipinski definition) is 3. The summed E-state index contributed by atoms with van der Waals surface area (Å²) in [7, 11) is 0. The molecule has 0 aromatic heterocycles. The zero-order chi connectivity index (χ0) is 18.0. The quantitative estimate of drug-likeness (QED) is 0.842. The van der Waals surface area contributed by atoms with Gasteiger partial charge in [-0.05, 0) is 54.7 Å². The van der Waals surface area contributed by atoms with Crippen LogP contribution in [0.4, 0.5) is 4.79 Å². The lowest BCUT2D eigenvalue weighted by Crippen LogP contribution is -2.42. The predicted octanol–water partition coefficient (Wildman–Crippen LogP) is 3.64. The number of carbonyl (C=O) groups excluding carboxylic acids is 1. The molecule has 1 heterocycles. The van der Waals surface area contributed by atoms with E-state index in [1.807, 2.05) is 42.5 Å². The van der Waals surface area contributed by atoms with Crippen LogP contribution in [0.3, 0.4) is 0 Å². The lowest BCUT2D eigenvalue weighted by Gasteiger charge is -2.23. The number of carbonyl (C=O) groups is 1. The molecule has 0 bridgehead atoms. The normalized spacial score (nSPS) is 16.7. The van der Waals surface area contributed by atoms with Crippen molar-refractivity contribution in [3.63, 3.8) is 0 Å². The summed E-state index contributed by atoms with van der Waals surface area (Å²) in [5.74, 6) is 1.52. The van der Waals surface area contributed by atoms with Crippen molar-refractivity contribution in [3.8, 4) is 11.5 Å². The Morgan fingerprint density at radius 1 is 1.08 bits per heavy atom. The molecule has 2 aromatic rings. The van der Waals surface area contributed by atoms with E-state index in [4.69, 9.17) is 21.1 Å².